The quantitative estimate of drug-likeness (QED) is 0.895. The van der Waals surface area contributed by atoms with E-state index in [9.17, 15) is 4.79 Å². The molecule has 0 saturated carbocycles. The lowest BCUT2D eigenvalue weighted by atomic mass is 10.2. The Morgan fingerprint density at radius 1 is 1.39 bits per heavy atom. The fourth-order valence-electron chi connectivity index (χ4n) is 1.43. The maximum Gasteiger partial charge on any atom is 0.321 e. The summed E-state index contributed by atoms with van der Waals surface area (Å²) in [6.45, 7) is 5.54. The van der Waals surface area contributed by atoms with Crippen molar-refractivity contribution in [3.05, 3.63) is 28.7 Å². The number of urea groups is 1. The minimum atomic E-state index is -0.326. The highest BCUT2D eigenvalue weighted by molar-refractivity contribution is 7.15. The highest BCUT2D eigenvalue weighted by atomic mass is 32.1. The molecule has 0 spiro atoms. The first-order valence-electron chi connectivity index (χ1n) is 5.48. The standard InChI is InChI=1S/C11H14N4O2S/c1-6-4-5-9(17-6)7(2)12-10(16)13-11-15-14-8(3)18-11/h4-5,7H,1-3H3,(H2,12,13,15,16)/t7-/m0/s1. The third kappa shape index (κ3) is 3.07. The van der Waals surface area contributed by atoms with E-state index in [0.29, 0.717) is 5.13 Å². The summed E-state index contributed by atoms with van der Waals surface area (Å²) in [5.74, 6) is 1.54. The van der Waals surface area contributed by atoms with Crippen LogP contribution in [0.3, 0.4) is 0 Å². The van der Waals surface area contributed by atoms with Crippen molar-refractivity contribution in [1.29, 1.82) is 0 Å². The summed E-state index contributed by atoms with van der Waals surface area (Å²) in [6, 6.07) is 3.18. The zero-order valence-corrected chi connectivity index (χ0v) is 11.2. The van der Waals surface area contributed by atoms with E-state index in [1.807, 2.05) is 32.9 Å². The summed E-state index contributed by atoms with van der Waals surface area (Å²) in [4.78, 5) is 11.7. The normalized spacial score (nSPS) is 12.2. The highest BCUT2D eigenvalue weighted by Crippen LogP contribution is 2.17. The van der Waals surface area contributed by atoms with Crippen molar-refractivity contribution in [1.82, 2.24) is 15.5 Å². The number of aryl methyl sites for hydroxylation is 2. The van der Waals surface area contributed by atoms with E-state index in [2.05, 4.69) is 20.8 Å². The molecule has 1 atom stereocenters. The molecule has 0 aromatic carbocycles. The van der Waals surface area contributed by atoms with Gasteiger partial charge in [-0.25, -0.2) is 4.79 Å². The third-order valence-electron chi connectivity index (χ3n) is 2.28. The van der Waals surface area contributed by atoms with Gasteiger partial charge < -0.3 is 9.73 Å². The number of rotatable bonds is 3. The molecule has 2 aromatic rings. The van der Waals surface area contributed by atoms with Crippen LogP contribution in [0.2, 0.25) is 0 Å². The van der Waals surface area contributed by atoms with Gasteiger partial charge in [0.2, 0.25) is 5.13 Å². The van der Waals surface area contributed by atoms with E-state index >= 15 is 0 Å². The minimum absolute atomic E-state index is 0.201. The lowest BCUT2D eigenvalue weighted by Gasteiger charge is -2.11. The van der Waals surface area contributed by atoms with Gasteiger partial charge in [-0.1, -0.05) is 11.3 Å². The zero-order chi connectivity index (χ0) is 13.1. The van der Waals surface area contributed by atoms with Crippen molar-refractivity contribution < 1.29 is 9.21 Å². The number of nitrogens with zero attached hydrogens (tertiary/aromatic N) is 2. The first-order chi connectivity index (χ1) is 8.54. The van der Waals surface area contributed by atoms with Crippen LogP contribution in [0.5, 0.6) is 0 Å². The summed E-state index contributed by atoms with van der Waals surface area (Å²) in [6.07, 6.45) is 0. The Morgan fingerprint density at radius 3 is 2.72 bits per heavy atom. The molecule has 2 N–H and O–H groups in total. The van der Waals surface area contributed by atoms with E-state index in [-0.39, 0.29) is 12.1 Å². The number of hydrogen-bond acceptors (Lipinski definition) is 5. The maximum absolute atomic E-state index is 11.7. The number of amides is 2. The Bertz CT molecular complexity index is 549. The van der Waals surface area contributed by atoms with E-state index in [1.165, 1.54) is 11.3 Å². The van der Waals surface area contributed by atoms with Crippen molar-refractivity contribution in [2.24, 2.45) is 0 Å². The van der Waals surface area contributed by atoms with E-state index in [0.717, 1.165) is 16.5 Å². The van der Waals surface area contributed by atoms with Gasteiger partial charge in [-0.05, 0) is 32.9 Å². The number of aromatic nitrogens is 2. The molecule has 0 fully saturated rings. The summed E-state index contributed by atoms with van der Waals surface area (Å²) < 4.78 is 5.43. The molecule has 96 valence electrons. The van der Waals surface area contributed by atoms with Crippen LogP contribution >= 0.6 is 11.3 Å². The predicted octanol–water partition coefficient (Wildman–Crippen LogP) is 2.63. The lowest BCUT2D eigenvalue weighted by molar-refractivity contribution is 0.247. The van der Waals surface area contributed by atoms with E-state index in [4.69, 9.17) is 4.42 Å². The fourth-order valence-corrected chi connectivity index (χ4v) is 2.02. The fraction of sp³-hybridized carbons (Fsp3) is 0.364. The molecule has 0 unspecified atom stereocenters. The molecule has 2 amide bonds. The number of anilines is 1. The molecule has 2 aromatic heterocycles. The molecule has 0 aliphatic heterocycles. The van der Waals surface area contributed by atoms with Crippen LogP contribution in [0.25, 0.3) is 0 Å². The Morgan fingerprint density at radius 2 is 2.17 bits per heavy atom. The molecule has 6 nitrogen and oxygen atoms in total. The van der Waals surface area contributed by atoms with Gasteiger partial charge in [0, 0.05) is 0 Å². The number of furan rings is 1. The summed E-state index contributed by atoms with van der Waals surface area (Å²) >= 11 is 1.33. The molecule has 0 aliphatic carbocycles. The second-order valence-corrected chi connectivity index (χ2v) is 5.08. The number of carbonyl (C=O) groups excluding carboxylic acids is 1. The Hall–Kier alpha value is -1.89. The van der Waals surface area contributed by atoms with Gasteiger partial charge in [0.1, 0.15) is 16.5 Å². The number of carbonyl (C=O) groups is 1. The molecule has 18 heavy (non-hydrogen) atoms. The molecule has 0 aliphatic rings. The second kappa shape index (κ2) is 5.18. The van der Waals surface area contributed by atoms with Gasteiger partial charge in [-0.3, -0.25) is 5.32 Å². The van der Waals surface area contributed by atoms with Crippen molar-refractivity contribution in [2.45, 2.75) is 26.8 Å². The zero-order valence-electron chi connectivity index (χ0n) is 10.4. The maximum atomic E-state index is 11.7. The topological polar surface area (TPSA) is 80.0 Å². The third-order valence-corrected chi connectivity index (χ3v) is 3.04. The van der Waals surface area contributed by atoms with Crippen LogP contribution in [0, 0.1) is 13.8 Å². The molecule has 0 bridgehead atoms. The molecule has 2 rings (SSSR count). The molecule has 0 saturated heterocycles. The van der Waals surface area contributed by atoms with Gasteiger partial charge in [-0.2, -0.15) is 0 Å². The minimum Gasteiger partial charge on any atom is -0.464 e. The second-order valence-electron chi connectivity index (χ2n) is 3.89. The van der Waals surface area contributed by atoms with E-state index < -0.39 is 0 Å². The Labute approximate surface area is 108 Å². The van der Waals surface area contributed by atoms with Crippen LogP contribution in [0.4, 0.5) is 9.93 Å². The number of hydrogen-bond donors (Lipinski definition) is 2. The smallest absolute Gasteiger partial charge is 0.321 e. The summed E-state index contributed by atoms with van der Waals surface area (Å²) in [5.41, 5.74) is 0. The van der Waals surface area contributed by atoms with Crippen LogP contribution in [0.1, 0.15) is 29.5 Å². The molecule has 2 heterocycles. The molecular weight excluding hydrogens is 252 g/mol. The lowest BCUT2D eigenvalue weighted by Crippen LogP contribution is -2.30. The van der Waals surface area contributed by atoms with Crippen molar-refractivity contribution in [2.75, 3.05) is 5.32 Å². The first kappa shape index (κ1) is 12.6. The van der Waals surface area contributed by atoms with Gasteiger partial charge >= 0.3 is 6.03 Å². The highest BCUT2D eigenvalue weighted by Gasteiger charge is 2.13. The molecule has 0 radical (unpaired) electrons. The van der Waals surface area contributed by atoms with Crippen molar-refractivity contribution in [3.63, 3.8) is 0 Å². The van der Waals surface area contributed by atoms with Crippen LogP contribution in [0.15, 0.2) is 16.5 Å². The summed E-state index contributed by atoms with van der Waals surface area (Å²) in [7, 11) is 0. The van der Waals surface area contributed by atoms with Gasteiger partial charge in [0.15, 0.2) is 0 Å². The number of nitrogens with one attached hydrogen (secondary N) is 2. The van der Waals surface area contributed by atoms with E-state index in [1.54, 1.807) is 0 Å². The van der Waals surface area contributed by atoms with Crippen molar-refractivity contribution in [3.8, 4) is 0 Å². The molecular formula is C11H14N4O2S. The van der Waals surface area contributed by atoms with Crippen LogP contribution in [-0.4, -0.2) is 16.2 Å². The molecule has 7 heteroatoms. The summed E-state index contributed by atoms with van der Waals surface area (Å²) in [5, 5.41) is 14.3. The predicted molar refractivity (Wildman–Crippen MR) is 68.7 cm³/mol. The monoisotopic (exact) mass is 266 g/mol. The van der Waals surface area contributed by atoms with Gasteiger partial charge in [-0.15, -0.1) is 10.2 Å². The largest absolute Gasteiger partial charge is 0.464 e. The Balaban J connectivity index is 1.91. The Kier molecular flexibility index (Phi) is 3.61. The first-order valence-corrected chi connectivity index (χ1v) is 6.30. The SMILES string of the molecule is Cc1ccc([C@H](C)NC(=O)Nc2nnc(C)s2)o1. The van der Waals surface area contributed by atoms with Crippen LogP contribution < -0.4 is 10.6 Å². The average molecular weight is 266 g/mol. The average Bonchev–Trinajstić information content (AvgIpc) is 2.87. The van der Waals surface area contributed by atoms with Gasteiger partial charge in [0.05, 0.1) is 6.04 Å². The van der Waals surface area contributed by atoms with Crippen LogP contribution in [-0.2, 0) is 0 Å². The van der Waals surface area contributed by atoms with Crippen molar-refractivity contribution >= 4 is 22.5 Å². The van der Waals surface area contributed by atoms with Gasteiger partial charge in [0.25, 0.3) is 0 Å².